The Balaban J connectivity index is 3.11. The molecule has 0 amide bonds. The maximum atomic E-state index is 3.93. The first-order chi connectivity index (χ1) is 6.25. The minimum atomic E-state index is 1.09. The lowest BCUT2D eigenvalue weighted by Crippen LogP contribution is -1.82. The van der Waals surface area contributed by atoms with Crippen LogP contribution in [0.4, 0.5) is 0 Å². The molecular weight excluding hydrogens is 156 g/mol. The first-order valence-electron chi connectivity index (χ1n) is 4.29. The first-order valence-corrected chi connectivity index (χ1v) is 4.29. The minimum Gasteiger partial charge on any atom is -0.0991 e. The summed E-state index contributed by atoms with van der Waals surface area (Å²) in [5, 5.41) is 0. The van der Waals surface area contributed by atoms with Crippen molar-refractivity contribution >= 4 is 11.6 Å². The second-order valence-electron chi connectivity index (χ2n) is 2.96. The fourth-order valence-electron chi connectivity index (χ4n) is 1.20. The number of benzene rings is 1. The van der Waals surface area contributed by atoms with E-state index in [1.54, 1.807) is 6.08 Å². The Kier molecular flexibility index (Phi) is 3.27. The summed E-state index contributed by atoms with van der Waals surface area (Å²) in [4.78, 5) is 0. The molecule has 0 aliphatic carbocycles. The van der Waals surface area contributed by atoms with Crippen LogP contribution in [0, 0.1) is 0 Å². The summed E-state index contributed by atoms with van der Waals surface area (Å²) in [6, 6.07) is 8.19. The molecule has 0 saturated heterocycles. The molecule has 0 saturated carbocycles. The van der Waals surface area contributed by atoms with Gasteiger partial charge in [0.05, 0.1) is 0 Å². The molecule has 0 aromatic heterocycles. The van der Waals surface area contributed by atoms with E-state index in [1.807, 2.05) is 31.2 Å². The molecule has 0 N–H and O–H groups in total. The molecule has 0 unspecified atom stereocenters. The topological polar surface area (TPSA) is 0 Å². The Morgan fingerprint density at radius 2 is 2.00 bits per heavy atom. The van der Waals surface area contributed by atoms with Crippen LogP contribution < -0.4 is 0 Å². The summed E-state index contributed by atoms with van der Waals surface area (Å²) < 4.78 is 0. The van der Waals surface area contributed by atoms with Gasteiger partial charge in [0.25, 0.3) is 0 Å². The van der Waals surface area contributed by atoms with Crippen molar-refractivity contribution in [1.82, 2.24) is 0 Å². The molecular formula is C13H14. The van der Waals surface area contributed by atoms with Gasteiger partial charge in [0.15, 0.2) is 0 Å². The molecule has 0 fully saturated rings. The molecule has 0 nitrogen and oxygen atoms in total. The third-order valence-corrected chi connectivity index (χ3v) is 1.83. The predicted octanol–water partition coefficient (Wildman–Crippen LogP) is 3.92. The first kappa shape index (κ1) is 9.53. The zero-order valence-corrected chi connectivity index (χ0v) is 7.96. The SMILES string of the molecule is C=CC=Cc1ccccc1C(=C)C. The van der Waals surface area contributed by atoms with Crippen LogP contribution in [-0.2, 0) is 0 Å². The van der Waals surface area contributed by atoms with Crippen LogP contribution in [0.2, 0.25) is 0 Å². The van der Waals surface area contributed by atoms with Gasteiger partial charge in [-0.2, -0.15) is 0 Å². The van der Waals surface area contributed by atoms with E-state index in [0.717, 1.165) is 5.57 Å². The zero-order chi connectivity index (χ0) is 9.68. The Bertz CT molecular complexity index is 343. The number of allylic oxidation sites excluding steroid dienone is 3. The third-order valence-electron chi connectivity index (χ3n) is 1.83. The highest BCUT2D eigenvalue weighted by molar-refractivity contribution is 5.72. The second kappa shape index (κ2) is 4.46. The van der Waals surface area contributed by atoms with E-state index in [0.29, 0.717) is 0 Å². The van der Waals surface area contributed by atoms with E-state index in [9.17, 15) is 0 Å². The lowest BCUT2D eigenvalue weighted by Gasteiger charge is -2.03. The monoisotopic (exact) mass is 170 g/mol. The predicted molar refractivity (Wildman–Crippen MR) is 60.4 cm³/mol. The molecule has 1 aromatic rings. The van der Waals surface area contributed by atoms with E-state index in [-0.39, 0.29) is 0 Å². The smallest absolute Gasteiger partial charge is 0.0161 e. The van der Waals surface area contributed by atoms with Crippen molar-refractivity contribution < 1.29 is 0 Å². The van der Waals surface area contributed by atoms with Crippen molar-refractivity contribution in [2.24, 2.45) is 0 Å². The van der Waals surface area contributed by atoms with Gasteiger partial charge in [0.2, 0.25) is 0 Å². The van der Waals surface area contributed by atoms with Gasteiger partial charge in [0, 0.05) is 0 Å². The fraction of sp³-hybridized carbons (Fsp3) is 0.0769. The van der Waals surface area contributed by atoms with E-state index in [1.165, 1.54) is 11.1 Å². The summed E-state index contributed by atoms with van der Waals surface area (Å²) in [7, 11) is 0. The lowest BCUT2D eigenvalue weighted by molar-refractivity contribution is 1.55. The van der Waals surface area contributed by atoms with Crippen molar-refractivity contribution in [2.75, 3.05) is 0 Å². The Morgan fingerprint density at radius 3 is 2.62 bits per heavy atom. The van der Waals surface area contributed by atoms with E-state index >= 15 is 0 Å². The van der Waals surface area contributed by atoms with Gasteiger partial charge in [-0.25, -0.2) is 0 Å². The summed E-state index contributed by atoms with van der Waals surface area (Å²) in [6.07, 6.45) is 5.74. The van der Waals surface area contributed by atoms with Crippen LogP contribution in [0.25, 0.3) is 11.6 Å². The molecule has 0 aliphatic rings. The lowest BCUT2D eigenvalue weighted by atomic mass is 10.0. The van der Waals surface area contributed by atoms with E-state index < -0.39 is 0 Å². The van der Waals surface area contributed by atoms with Crippen LogP contribution in [0.3, 0.4) is 0 Å². The summed E-state index contributed by atoms with van der Waals surface area (Å²) in [6.45, 7) is 9.59. The third kappa shape index (κ3) is 2.45. The maximum absolute atomic E-state index is 3.93. The normalized spacial score (nSPS) is 10.2. The summed E-state index contributed by atoms with van der Waals surface area (Å²) >= 11 is 0. The molecule has 0 heterocycles. The molecule has 13 heavy (non-hydrogen) atoms. The van der Waals surface area contributed by atoms with E-state index in [2.05, 4.69) is 25.3 Å². The molecule has 1 aromatic carbocycles. The van der Waals surface area contributed by atoms with Gasteiger partial charge in [-0.15, -0.1) is 0 Å². The van der Waals surface area contributed by atoms with Crippen LogP contribution in [0.1, 0.15) is 18.1 Å². The molecule has 0 heteroatoms. The largest absolute Gasteiger partial charge is 0.0991 e. The maximum Gasteiger partial charge on any atom is -0.0161 e. The Morgan fingerprint density at radius 1 is 1.31 bits per heavy atom. The van der Waals surface area contributed by atoms with E-state index in [4.69, 9.17) is 0 Å². The average molecular weight is 170 g/mol. The molecule has 1 rings (SSSR count). The van der Waals surface area contributed by atoms with Crippen LogP contribution >= 0.6 is 0 Å². The van der Waals surface area contributed by atoms with Crippen LogP contribution in [-0.4, -0.2) is 0 Å². The standard InChI is InChI=1S/C13H14/c1-4-5-8-12-9-6-7-10-13(12)11(2)3/h4-10H,1-2H2,3H3. The Hall–Kier alpha value is -1.56. The molecule has 66 valence electrons. The molecule has 0 aliphatic heterocycles. The molecule has 0 atom stereocenters. The van der Waals surface area contributed by atoms with Gasteiger partial charge in [-0.1, -0.05) is 61.2 Å². The zero-order valence-electron chi connectivity index (χ0n) is 7.96. The summed E-state index contributed by atoms with van der Waals surface area (Å²) in [5.74, 6) is 0. The van der Waals surface area contributed by atoms with Crippen molar-refractivity contribution in [1.29, 1.82) is 0 Å². The van der Waals surface area contributed by atoms with Crippen molar-refractivity contribution in [3.8, 4) is 0 Å². The van der Waals surface area contributed by atoms with Crippen molar-refractivity contribution in [3.05, 3.63) is 60.7 Å². The number of rotatable bonds is 3. The van der Waals surface area contributed by atoms with Crippen LogP contribution in [0.5, 0.6) is 0 Å². The Labute approximate surface area is 79.9 Å². The molecule has 0 radical (unpaired) electrons. The quantitative estimate of drug-likeness (QED) is 0.603. The van der Waals surface area contributed by atoms with Gasteiger partial charge < -0.3 is 0 Å². The molecule has 0 spiro atoms. The highest BCUT2D eigenvalue weighted by atomic mass is 14.0. The molecule has 0 bridgehead atoms. The van der Waals surface area contributed by atoms with Crippen LogP contribution in [0.15, 0.2) is 49.6 Å². The number of hydrogen-bond donors (Lipinski definition) is 0. The van der Waals surface area contributed by atoms with Gasteiger partial charge in [0.1, 0.15) is 0 Å². The van der Waals surface area contributed by atoms with Crippen molar-refractivity contribution in [2.45, 2.75) is 6.92 Å². The fourth-order valence-corrected chi connectivity index (χ4v) is 1.20. The minimum absolute atomic E-state index is 1.09. The van der Waals surface area contributed by atoms with Gasteiger partial charge in [-0.05, 0) is 18.1 Å². The number of hydrogen-bond acceptors (Lipinski definition) is 0. The van der Waals surface area contributed by atoms with Gasteiger partial charge in [-0.3, -0.25) is 0 Å². The average Bonchev–Trinajstić information content (AvgIpc) is 2.15. The summed E-state index contributed by atoms with van der Waals surface area (Å²) in [5.41, 5.74) is 3.47. The van der Waals surface area contributed by atoms with Gasteiger partial charge >= 0.3 is 0 Å². The van der Waals surface area contributed by atoms with Crippen molar-refractivity contribution in [3.63, 3.8) is 0 Å². The highest BCUT2D eigenvalue weighted by Crippen LogP contribution is 2.18. The second-order valence-corrected chi connectivity index (χ2v) is 2.96. The highest BCUT2D eigenvalue weighted by Gasteiger charge is 1.96.